The molecule has 0 saturated heterocycles. The number of hydrogen-bond acceptors (Lipinski definition) is 4. The molecule has 0 aliphatic heterocycles. The van der Waals surface area contributed by atoms with Crippen LogP contribution in [0.15, 0.2) is 24.3 Å². The van der Waals surface area contributed by atoms with Crippen molar-refractivity contribution < 1.29 is 32.7 Å². The van der Waals surface area contributed by atoms with Crippen LogP contribution >= 0.6 is 11.6 Å². The summed E-state index contributed by atoms with van der Waals surface area (Å²) in [6.07, 6.45) is 0.927. The summed E-state index contributed by atoms with van der Waals surface area (Å²) in [5, 5.41) is 4.12. The van der Waals surface area contributed by atoms with E-state index in [1.165, 1.54) is 5.56 Å². The Hall–Kier alpha value is -0.706. The molecule has 1 unspecified atom stereocenters. The first-order valence-electron chi connectivity index (χ1n) is 7.04. The van der Waals surface area contributed by atoms with Gasteiger partial charge in [0.25, 0.3) is 0 Å². The van der Waals surface area contributed by atoms with Crippen molar-refractivity contribution in [3.05, 3.63) is 52.4 Å². The molecular weight excluding hydrogens is 373 g/mol. The van der Waals surface area contributed by atoms with E-state index >= 15 is 0 Å². The Morgan fingerprint density at radius 1 is 1.14 bits per heavy atom. The zero-order valence-corrected chi connectivity index (χ0v) is 17.0. The molecule has 1 N–H and O–H groups in total. The zero-order chi connectivity index (χ0) is 15.4. The summed E-state index contributed by atoms with van der Waals surface area (Å²) < 4.78 is 0. The second-order valence-electron chi connectivity index (χ2n) is 5.19. The molecule has 6 heteroatoms. The molecule has 115 valence electrons. The summed E-state index contributed by atoms with van der Waals surface area (Å²) in [5.41, 5.74) is 1.17. The third-order valence-electron chi connectivity index (χ3n) is 3.18. The summed E-state index contributed by atoms with van der Waals surface area (Å²) in [6.45, 7) is 7.99. The van der Waals surface area contributed by atoms with Crippen molar-refractivity contribution in [2.24, 2.45) is 0 Å². The van der Waals surface area contributed by atoms with E-state index < -0.39 is 0 Å². The molecule has 22 heavy (non-hydrogen) atoms. The molecule has 0 spiro atoms. The van der Waals surface area contributed by atoms with Crippen molar-refractivity contribution in [2.45, 2.75) is 40.2 Å². The molecule has 1 atom stereocenters. The summed E-state index contributed by atoms with van der Waals surface area (Å²) in [4.78, 5) is 13.2. The fourth-order valence-corrected chi connectivity index (χ4v) is 2.17. The van der Waals surface area contributed by atoms with Gasteiger partial charge in [-0.05, 0) is 31.0 Å². The van der Waals surface area contributed by atoms with E-state index in [2.05, 4.69) is 27.2 Å². The number of aromatic nitrogens is 3. The van der Waals surface area contributed by atoms with Crippen LogP contribution in [0.2, 0.25) is 5.02 Å². The molecule has 0 amide bonds. The molecule has 0 aliphatic rings. The summed E-state index contributed by atoms with van der Waals surface area (Å²) in [6, 6.07) is 7.99. The average Bonchev–Trinajstić information content (AvgIpc) is 2.45. The smallest absolute Gasteiger partial charge is 0.224 e. The number of hydrogen-bond donors (Lipinski definition) is 1. The standard InChI is InChI=1S/C16H20ClN4.Y/c1-5-14(12-6-8-13(17)9-7-12)20-16-19-11(4)18-15(21-16)10(2)3;/h6-9,14H,5H2,1-4H3,(H,18,19,20,21);/q-1;. The molecule has 0 aliphatic carbocycles. The van der Waals surface area contributed by atoms with Crippen LogP contribution in [0.5, 0.6) is 0 Å². The molecule has 0 saturated carbocycles. The largest absolute Gasteiger partial charge is 0.347 e. The van der Waals surface area contributed by atoms with E-state index in [0.29, 0.717) is 5.95 Å². The minimum Gasteiger partial charge on any atom is -0.347 e. The van der Waals surface area contributed by atoms with Gasteiger partial charge in [0.2, 0.25) is 5.95 Å². The van der Waals surface area contributed by atoms with Crippen molar-refractivity contribution in [1.29, 1.82) is 0 Å². The van der Waals surface area contributed by atoms with E-state index in [1.54, 1.807) is 0 Å². The molecule has 0 fully saturated rings. The molecule has 0 bridgehead atoms. The number of nitrogens with zero attached hydrogens (tertiary/aromatic N) is 3. The van der Waals surface area contributed by atoms with Gasteiger partial charge in [-0.1, -0.05) is 30.7 Å². The van der Waals surface area contributed by atoms with Crippen LogP contribution in [-0.4, -0.2) is 15.0 Å². The number of aryl methyl sites for hydroxylation is 1. The van der Waals surface area contributed by atoms with Gasteiger partial charge in [-0.15, -0.1) is 0 Å². The van der Waals surface area contributed by atoms with E-state index in [4.69, 9.17) is 11.6 Å². The fraction of sp³-hybridized carbons (Fsp3) is 0.375. The van der Waals surface area contributed by atoms with Gasteiger partial charge >= 0.3 is 0 Å². The van der Waals surface area contributed by atoms with Gasteiger partial charge < -0.3 is 11.2 Å². The Balaban J connectivity index is 0.00000242. The Kier molecular flexibility index (Phi) is 7.74. The van der Waals surface area contributed by atoms with E-state index in [-0.39, 0.29) is 38.8 Å². The molecule has 1 aromatic carbocycles. The quantitative estimate of drug-likeness (QED) is 0.768. The predicted octanol–water partition coefficient (Wildman–Crippen LogP) is 4.36. The normalized spacial score (nSPS) is 11.5. The van der Waals surface area contributed by atoms with Crippen molar-refractivity contribution in [3.8, 4) is 0 Å². The number of anilines is 1. The Labute approximate surface area is 162 Å². The molecule has 1 aromatic heterocycles. The molecule has 1 radical (unpaired) electrons. The van der Waals surface area contributed by atoms with E-state index in [9.17, 15) is 0 Å². The SMILES string of the molecule is CCC(Nc1nc(C)nc([C-](C)C)n1)c1ccc(Cl)cc1.[Y]. The minimum atomic E-state index is 0. The second-order valence-corrected chi connectivity index (χ2v) is 5.62. The van der Waals surface area contributed by atoms with Crippen LogP contribution in [0.4, 0.5) is 5.95 Å². The number of halogens is 1. The third-order valence-corrected chi connectivity index (χ3v) is 3.43. The van der Waals surface area contributed by atoms with Crippen LogP contribution in [-0.2, 0) is 32.7 Å². The van der Waals surface area contributed by atoms with Crippen LogP contribution < -0.4 is 5.32 Å². The van der Waals surface area contributed by atoms with E-state index in [1.807, 2.05) is 45.0 Å². The first-order valence-corrected chi connectivity index (χ1v) is 7.42. The first kappa shape index (κ1) is 19.3. The monoisotopic (exact) mass is 392 g/mol. The molecular formula is C16H20ClN4Y-. The van der Waals surface area contributed by atoms with Gasteiger partial charge in [0.05, 0.1) is 6.04 Å². The van der Waals surface area contributed by atoms with Crippen LogP contribution in [0, 0.1) is 12.8 Å². The first-order chi connectivity index (χ1) is 9.99. The van der Waals surface area contributed by atoms with Gasteiger partial charge in [0, 0.05) is 43.6 Å². The number of rotatable bonds is 5. The van der Waals surface area contributed by atoms with Gasteiger partial charge in [-0.3, -0.25) is 4.98 Å². The molecule has 2 rings (SSSR count). The van der Waals surface area contributed by atoms with E-state index in [0.717, 1.165) is 29.0 Å². The Morgan fingerprint density at radius 2 is 1.77 bits per heavy atom. The van der Waals surface area contributed by atoms with Crippen LogP contribution in [0.25, 0.3) is 0 Å². The molecule has 1 heterocycles. The topological polar surface area (TPSA) is 50.7 Å². The van der Waals surface area contributed by atoms with Crippen molar-refractivity contribution >= 4 is 17.5 Å². The Bertz CT molecular complexity index is 602. The zero-order valence-electron chi connectivity index (χ0n) is 13.4. The molecule has 4 nitrogen and oxygen atoms in total. The van der Waals surface area contributed by atoms with Gasteiger partial charge in [-0.25, -0.2) is 4.98 Å². The maximum atomic E-state index is 5.94. The number of nitrogens with one attached hydrogen (secondary N) is 1. The summed E-state index contributed by atoms with van der Waals surface area (Å²) >= 11 is 5.94. The van der Waals surface area contributed by atoms with Crippen LogP contribution in [0.1, 0.15) is 50.4 Å². The minimum absolute atomic E-state index is 0. The fourth-order valence-electron chi connectivity index (χ4n) is 2.04. The average molecular weight is 393 g/mol. The summed E-state index contributed by atoms with van der Waals surface area (Å²) in [7, 11) is 0. The Morgan fingerprint density at radius 3 is 2.32 bits per heavy atom. The van der Waals surface area contributed by atoms with Crippen LogP contribution in [0.3, 0.4) is 0 Å². The van der Waals surface area contributed by atoms with Crippen molar-refractivity contribution in [3.63, 3.8) is 0 Å². The summed E-state index contributed by atoms with van der Waals surface area (Å²) in [5.74, 6) is 3.13. The van der Waals surface area contributed by atoms with Crippen molar-refractivity contribution in [1.82, 2.24) is 15.0 Å². The maximum Gasteiger partial charge on any atom is 0.224 e. The van der Waals surface area contributed by atoms with Crippen molar-refractivity contribution in [2.75, 3.05) is 5.32 Å². The third kappa shape index (κ3) is 5.18. The van der Waals surface area contributed by atoms with Gasteiger partial charge in [0.15, 0.2) is 0 Å². The maximum absolute atomic E-state index is 5.94. The van der Waals surface area contributed by atoms with Gasteiger partial charge in [0.1, 0.15) is 5.82 Å². The second kappa shape index (κ2) is 8.80. The molecule has 2 aromatic rings. The number of benzene rings is 1. The van der Waals surface area contributed by atoms with Gasteiger partial charge in [-0.2, -0.15) is 18.8 Å². The predicted molar refractivity (Wildman–Crippen MR) is 86.4 cm³/mol.